The van der Waals surface area contributed by atoms with Gasteiger partial charge in [0.15, 0.2) is 0 Å². The van der Waals surface area contributed by atoms with Crippen molar-refractivity contribution < 1.29 is 0 Å². The van der Waals surface area contributed by atoms with E-state index in [1.807, 2.05) is 0 Å². The highest BCUT2D eigenvalue weighted by atomic mass is 14.9. The fourth-order valence-electron chi connectivity index (χ4n) is 2.70. The Balaban J connectivity index is 2.18. The molecule has 1 N–H and O–H groups in total. The quantitative estimate of drug-likeness (QED) is 0.728. The molecule has 0 spiro atoms. The maximum absolute atomic E-state index is 3.75. The first-order valence-corrected chi connectivity index (χ1v) is 6.86. The molecule has 1 aliphatic carbocycles. The van der Waals surface area contributed by atoms with E-state index in [0.29, 0.717) is 0 Å². The summed E-state index contributed by atoms with van der Waals surface area (Å²) in [4.78, 5) is 0. The van der Waals surface area contributed by atoms with Gasteiger partial charge in [0, 0.05) is 6.04 Å². The first kappa shape index (κ1) is 13.0. The fraction of sp³-hybridized carbons (Fsp3) is 1.00. The molecule has 1 unspecified atom stereocenters. The Morgan fingerprint density at radius 1 is 1.13 bits per heavy atom. The van der Waals surface area contributed by atoms with Gasteiger partial charge in [0.05, 0.1) is 0 Å². The van der Waals surface area contributed by atoms with E-state index in [1.54, 1.807) is 0 Å². The molecule has 1 atom stereocenters. The van der Waals surface area contributed by atoms with Crippen molar-refractivity contribution in [3.05, 3.63) is 0 Å². The Kier molecular flexibility index (Phi) is 5.66. The lowest BCUT2D eigenvalue weighted by molar-refractivity contribution is 0.262. The highest BCUT2D eigenvalue weighted by Crippen LogP contribution is 2.27. The maximum Gasteiger partial charge on any atom is 0.00875 e. The number of hydrogen-bond acceptors (Lipinski definition) is 1. The van der Waals surface area contributed by atoms with Crippen molar-refractivity contribution in [3.8, 4) is 0 Å². The topological polar surface area (TPSA) is 12.0 Å². The molecular weight excluding hydrogens is 182 g/mol. The Labute approximate surface area is 96.0 Å². The van der Waals surface area contributed by atoms with Crippen LogP contribution in [0.15, 0.2) is 0 Å². The summed E-state index contributed by atoms with van der Waals surface area (Å²) in [5.41, 5.74) is 0. The Bertz CT molecular complexity index is 157. The highest BCUT2D eigenvalue weighted by molar-refractivity contribution is 4.75. The molecule has 1 nitrogen and oxygen atoms in total. The first-order chi connectivity index (χ1) is 7.13. The van der Waals surface area contributed by atoms with Crippen LogP contribution in [0.5, 0.6) is 0 Å². The van der Waals surface area contributed by atoms with Crippen LogP contribution >= 0.6 is 0 Å². The van der Waals surface area contributed by atoms with E-state index in [1.165, 1.54) is 38.6 Å². The van der Waals surface area contributed by atoms with Crippen molar-refractivity contribution in [2.75, 3.05) is 6.54 Å². The van der Waals surface area contributed by atoms with Gasteiger partial charge in [-0.25, -0.2) is 0 Å². The van der Waals surface area contributed by atoms with Gasteiger partial charge in [-0.05, 0) is 43.6 Å². The smallest absolute Gasteiger partial charge is 0.00875 e. The lowest BCUT2D eigenvalue weighted by atomic mass is 9.83. The normalized spacial score (nSPS) is 29.4. The monoisotopic (exact) mass is 211 g/mol. The van der Waals surface area contributed by atoms with Crippen LogP contribution in [0.2, 0.25) is 0 Å². The second kappa shape index (κ2) is 6.52. The minimum Gasteiger partial charge on any atom is -0.313 e. The minimum atomic E-state index is 0.726. The fourth-order valence-corrected chi connectivity index (χ4v) is 2.70. The van der Waals surface area contributed by atoms with E-state index in [-0.39, 0.29) is 0 Å². The standard InChI is InChI=1S/C14H29N/c1-5-14(11(2)3)15-10-13-8-6-12(4)7-9-13/h11-15H,5-10H2,1-4H3. The summed E-state index contributed by atoms with van der Waals surface area (Å²) in [5, 5.41) is 3.75. The molecule has 90 valence electrons. The molecule has 0 amide bonds. The van der Waals surface area contributed by atoms with Crippen molar-refractivity contribution in [1.82, 2.24) is 5.32 Å². The van der Waals surface area contributed by atoms with E-state index >= 15 is 0 Å². The lowest BCUT2D eigenvalue weighted by Gasteiger charge is -2.29. The third-order valence-electron chi connectivity index (χ3n) is 4.05. The molecule has 0 aromatic carbocycles. The molecule has 15 heavy (non-hydrogen) atoms. The summed E-state index contributed by atoms with van der Waals surface area (Å²) in [6.45, 7) is 10.6. The first-order valence-electron chi connectivity index (χ1n) is 6.86. The van der Waals surface area contributed by atoms with Crippen LogP contribution in [0.4, 0.5) is 0 Å². The average molecular weight is 211 g/mol. The number of nitrogens with one attached hydrogen (secondary N) is 1. The van der Waals surface area contributed by atoms with Crippen LogP contribution in [0.3, 0.4) is 0 Å². The van der Waals surface area contributed by atoms with Crippen LogP contribution in [-0.2, 0) is 0 Å². The van der Waals surface area contributed by atoms with Crippen molar-refractivity contribution >= 4 is 0 Å². The zero-order valence-electron chi connectivity index (χ0n) is 11.1. The SMILES string of the molecule is CCC(NCC1CCC(C)CC1)C(C)C. The molecule has 0 saturated heterocycles. The Hall–Kier alpha value is -0.0400. The van der Waals surface area contributed by atoms with Gasteiger partial charge < -0.3 is 5.32 Å². The van der Waals surface area contributed by atoms with Gasteiger partial charge in [-0.2, -0.15) is 0 Å². The molecule has 1 saturated carbocycles. The molecule has 1 heteroatoms. The van der Waals surface area contributed by atoms with E-state index in [4.69, 9.17) is 0 Å². The average Bonchev–Trinajstić information content (AvgIpc) is 2.21. The van der Waals surface area contributed by atoms with Gasteiger partial charge in [-0.1, -0.05) is 40.5 Å². The summed E-state index contributed by atoms with van der Waals surface area (Å²) in [5.74, 6) is 2.71. The highest BCUT2D eigenvalue weighted by Gasteiger charge is 2.19. The molecule has 0 bridgehead atoms. The van der Waals surface area contributed by atoms with Crippen LogP contribution < -0.4 is 5.32 Å². The predicted molar refractivity (Wildman–Crippen MR) is 68.0 cm³/mol. The molecule has 1 aliphatic rings. The van der Waals surface area contributed by atoms with Gasteiger partial charge in [0.2, 0.25) is 0 Å². The zero-order valence-corrected chi connectivity index (χ0v) is 11.1. The summed E-state index contributed by atoms with van der Waals surface area (Å²) in [6.07, 6.45) is 7.06. The van der Waals surface area contributed by atoms with E-state index in [2.05, 4.69) is 33.0 Å². The van der Waals surface area contributed by atoms with Crippen molar-refractivity contribution in [3.63, 3.8) is 0 Å². The third-order valence-corrected chi connectivity index (χ3v) is 4.05. The Morgan fingerprint density at radius 2 is 1.73 bits per heavy atom. The lowest BCUT2D eigenvalue weighted by Crippen LogP contribution is -2.37. The van der Waals surface area contributed by atoms with Gasteiger partial charge in [-0.15, -0.1) is 0 Å². The third kappa shape index (κ3) is 4.55. The number of hydrogen-bond donors (Lipinski definition) is 1. The van der Waals surface area contributed by atoms with E-state index in [9.17, 15) is 0 Å². The van der Waals surface area contributed by atoms with Gasteiger partial charge in [-0.3, -0.25) is 0 Å². The second-order valence-electron chi connectivity index (χ2n) is 5.79. The van der Waals surface area contributed by atoms with E-state index < -0.39 is 0 Å². The van der Waals surface area contributed by atoms with Gasteiger partial charge in [0.25, 0.3) is 0 Å². The summed E-state index contributed by atoms with van der Waals surface area (Å²) in [6, 6.07) is 0.726. The number of rotatable bonds is 5. The van der Waals surface area contributed by atoms with Crippen LogP contribution in [0.25, 0.3) is 0 Å². The van der Waals surface area contributed by atoms with E-state index in [0.717, 1.165) is 23.8 Å². The van der Waals surface area contributed by atoms with Crippen LogP contribution in [0, 0.1) is 17.8 Å². The van der Waals surface area contributed by atoms with Crippen LogP contribution in [0.1, 0.15) is 59.8 Å². The maximum atomic E-state index is 3.75. The van der Waals surface area contributed by atoms with Crippen molar-refractivity contribution in [2.24, 2.45) is 17.8 Å². The molecule has 0 radical (unpaired) electrons. The molecule has 0 heterocycles. The molecular formula is C14H29N. The summed E-state index contributed by atoms with van der Waals surface area (Å²) in [7, 11) is 0. The van der Waals surface area contributed by atoms with Crippen molar-refractivity contribution in [2.45, 2.75) is 65.8 Å². The molecule has 1 rings (SSSR count). The second-order valence-corrected chi connectivity index (χ2v) is 5.79. The molecule has 1 fully saturated rings. The summed E-state index contributed by atoms with van der Waals surface area (Å²) < 4.78 is 0. The molecule has 0 aromatic heterocycles. The van der Waals surface area contributed by atoms with Crippen LogP contribution in [-0.4, -0.2) is 12.6 Å². The zero-order chi connectivity index (χ0) is 11.3. The largest absolute Gasteiger partial charge is 0.313 e. The molecule has 0 aliphatic heterocycles. The Morgan fingerprint density at radius 3 is 2.20 bits per heavy atom. The summed E-state index contributed by atoms with van der Waals surface area (Å²) >= 11 is 0. The van der Waals surface area contributed by atoms with Gasteiger partial charge in [0.1, 0.15) is 0 Å². The van der Waals surface area contributed by atoms with Crippen molar-refractivity contribution in [1.29, 1.82) is 0 Å². The van der Waals surface area contributed by atoms with Gasteiger partial charge >= 0.3 is 0 Å². The minimum absolute atomic E-state index is 0.726. The molecule has 0 aromatic rings. The predicted octanol–water partition coefficient (Wildman–Crippen LogP) is 3.84.